The van der Waals surface area contributed by atoms with E-state index in [1.54, 1.807) is 0 Å². The van der Waals surface area contributed by atoms with E-state index in [4.69, 9.17) is 4.74 Å². The van der Waals surface area contributed by atoms with Gasteiger partial charge < -0.3 is 10.1 Å². The van der Waals surface area contributed by atoms with Crippen molar-refractivity contribution >= 4 is 0 Å². The molecule has 1 aromatic rings. The Morgan fingerprint density at radius 1 is 1.24 bits per heavy atom. The van der Waals surface area contributed by atoms with Crippen LogP contribution in [0, 0.1) is 0 Å². The average Bonchev–Trinajstić information content (AvgIpc) is 2.61. The summed E-state index contributed by atoms with van der Waals surface area (Å²) < 4.78 is 5.90. The van der Waals surface area contributed by atoms with Crippen LogP contribution in [-0.4, -0.2) is 42.8 Å². The molecule has 0 spiro atoms. The summed E-state index contributed by atoms with van der Waals surface area (Å²) >= 11 is 0. The highest BCUT2D eigenvalue weighted by Gasteiger charge is 2.24. The Morgan fingerprint density at radius 3 is 2.62 bits per heavy atom. The molecule has 1 saturated heterocycles. The fourth-order valence-corrected chi connectivity index (χ4v) is 2.82. The molecule has 0 saturated carbocycles. The van der Waals surface area contributed by atoms with Gasteiger partial charge in [0.15, 0.2) is 0 Å². The van der Waals surface area contributed by atoms with Gasteiger partial charge in [-0.2, -0.15) is 0 Å². The maximum Gasteiger partial charge on any atom is 0.0600 e. The molecule has 0 aromatic heterocycles. The third kappa shape index (κ3) is 5.42. The fraction of sp³-hybridized carbons (Fsp3) is 0.667. The molecule has 2 unspecified atom stereocenters. The van der Waals surface area contributed by atoms with Crippen LogP contribution in [0.5, 0.6) is 0 Å². The first kappa shape index (κ1) is 16.5. The zero-order chi connectivity index (χ0) is 15.3. The van der Waals surface area contributed by atoms with E-state index < -0.39 is 0 Å². The Bertz CT molecular complexity index is 413. The van der Waals surface area contributed by atoms with E-state index in [0.29, 0.717) is 12.1 Å². The molecular formula is C18H30N2O. The smallest absolute Gasteiger partial charge is 0.0600 e. The zero-order valence-electron chi connectivity index (χ0n) is 13.9. The maximum absolute atomic E-state index is 5.90. The van der Waals surface area contributed by atoms with Gasteiger partial charge in [0.25, 0.3) is 0 Å². The van der Waals surface area contributed by atoms with Gasteiger partial charge in [-0.15, -0.1) is 0 Å². The third-order valence-electron chi connectivity index (χ3n) is 4.11. The molecule has 1 aliphatic heterocycles. The van der Waals surface area contributed by atoms with Gasteiger partial charge in [0.2, 0.25) is 0 Å². The van der Waals surface area contributed by atoms with Gasteiger partial charge in [0.05, 0.1) is 12.2 Å². The minimum Gasteiger partial charge on any atom is -0.375 e. The quantitative estimate of drug-likeness (QED) is 0.921. The number of ether oxygens (including phenoxy) is 1. The fourth-order valence-electron chi connectivity index (χ4n) is 2.82. The number of nitrogens with one attached hydrogen (secondary N) is 1. The van der Waals surface area contributed by atoms with Crippen LogP contribution in [0.1, 0.15) is 45.7 Å². The molecule has 118 valence electrons. The van der Waals surface area contributed by atoms with Crippen molar-refractivity contribution in [3.05, 3.63) is 35.9 Å². The van der Waals surface area contributed by atoms with Crippen LogP contribution in [0.15, 0.2) is 30.3 Å². The van der Waals surface area contributed by atoms with Gasteiger partial charge in [-0.05, 0) is 46.2 Å². The monoisotopic (exact) mass is 290 g/mol. The number of nitrogens with zero attached hydrogens (tertiary/aromatic N) is 1. The molecule has 1 heterocycles. The van der Waals surface area contributed by atoms with Crippen molar-refractivity contribution in [2.75, 3.05) is 26.2 Å². The molecule has 0 radical (unpaired) electrons. The first-order chi connectivity index (χ1) is 9.96. The predicted octanol–water partition coefficient (Wildman–Crippen LogP) is 3.23. The SMILES string of the molecule is CC1CCNC(c2ccccc2)CN1CCOC(C)(C)C. The molecule has 2 atom stereocenters. The summed E-state index contributed by atoms with van der Waals surface area (Å²) in [4.78, 5) is 2.56. The van der Waals surface area contributed by atoms with E-state index in [1.165, 1.54) is 12.0 Å². The molecule has 0 aliphatic carbocycles. The number of benzene rings is 1. The maximum atomic E-state index is 5.90. The van der Waals surface area contributed by atoms with Crippen LogP contribution >= 0.6 is 0 Å². The lowest BCUT2D eigenvalue weighted by molar-refractivity contribution is -0.0170. The lowest BCUT2D eigenvalue weighted by Crippen LogP contribution is -2.39. The van der Waals surface area contributed by atoms with Crippen LogP contribution in [0.3, 0.4) is 0 Å². The van der Waals surface area contributed by atoms with Gasteiger partial charge in [0, 0.05) is 25.2 Å². The van der Waals surface area contributed by atoms with Crippen molar-refractivity contribution < 1.29 is 4.74 Å². The Hall–Kier alpha value is -0.900. The second-order valence-electron chi connectivity index (χ2n) is 7.01. The van der Waals surface area contributed by atoms with E-state index >= 15 is 0 Å². The summed E-state index contributed by atoms with van der Waals surface area (Å²) in [5, 5.41) is 3.68. The van der Waals surface area contributed by atoms with Gasteiger partial charge in [-0.1, -0.05) is 30.3 Å². The van der Waals surface area contributed by atoms with E-state index in [1.807, 2.05) is 0 Å². The Labute approximate surface area is 129 Å². The molecule has 0 amide bonds. The van der Waals surface area contributed by atoms with E-state index in [-0.39, 0.29) is 5.60 Å². The molecule has 1 fully saturated rings. The van der Waals surface area contributed by atoms with Crippen molar-refractivity contribution in [3.8, 4) is 0 Å². The highest BCUT2D eigenvalue weighted by Crippen LogP contribution is 2.20. The third-order valence-corrected chi connectivity index (χ3v) is 4.11. The van der Waals surface area contributed by atoms with Crippen LogP contribution in [0.25, 0.3) is 0 Å². The highest BCUT2D eigenvalue weighted by molar-refractivity contribution is 5.19. The normalized spacial score (nSPS) is 24.8. The van der Waals surface area contributed by atoms with E-state index in [0.717, 1.165) is 26.2 Å². The topological polar surface area (TPSA) is 24.5 Å². The summed E-state index contributed by atoms with van der Waals surface area (Å²) in [5.41, 5.74) is 1.33. The van der Waals surface area contributed by atoms with Gasteiger partial charge in [-0.3, -0.25) is 4.90 Å². The standard InChI is InChI=1S/C18H30N2O/c1-15-10-11-19-17(16-8-6-5-7-9-16)14-20(15)12-13-21-18(2,3)4/h5-9,15,17,19H,10-14H2,1-4H3. The minimum atomic E-state index is -0.0494. The Balaban J connectivity index is 1.95. The minimum absolute atomic E-state index is 0.0494. The second-order valence-corrected chi connectivity index (χ2v) is 7.01. The first-order valence-electron chi connectivity index (χ1n) is 8.12. The van der Waals surface area contributed by atoms with Crippen molar-refractivity contribution in [1.82, 2.24) is 10.2 Å². The van der Waals surface area contributed by atoms with Gasteiger partial charge in [-0.25, -0.2) is 0 Å². The van der Waals surface area contributed by atoms with E-state index in [2.05, 4.69) is 68.2 Å². The van der Waals surface area contributed by atoms with Crippen molar-refractivity contribution in [1.29, 1.82) is 0 Å². The lowest BCUT2D eigenvalue weighted by Gasteiger charge is -2.30. The summed E-state index contributed by atoms with van der Waals surface area (Å²) in [6.45, 7) is 12.6. The second kappa shape index (κ2) is 7.39. The van der Waals surface area contributed by atoms with Crippen LogP contribution < -0.4 is 5.32 Å². The summed E-state index contributed by atoms with van der Waals surface area (Å²) in [6, 6.07) is 11.8. The largest absolute Gasteiger partial charge is 0.375 e. The summed E-state index contributed by atoms with van der Waals surface area (Å²) in [7, 11) is 0. The molecule has 2 rings (SSSR count). The molecule has 3 nitrogen and oxygen atoms in total. The molecule has 1 aromatic carbocycles. The highest BCUT2D eigenvalue weighted by atomic mass is 16.5. The van der Waals surface area contributed by atoms with Crippen molar-refractivity contribution in [2.24, 2.45) is 0 Å². The number of rotatable bonds is 4. The van der Waals surface area contributed by atoms with Gasteiger partial charge in [0.1, 0.15) is 0 Å². The first-order valence-corrected chi connectivity index (χ1v) is 8.12. The van der Waals surface area contributed by atoms with Crippen LogP contribution in [0.4, 0.5) is 0 Å². The predicted molar refractivity (Wildman–Crippen MR) is 88.5 cm³/mol. The number of hydrogen-bond acceptors (Lipinski definition) is 3. The zero-order valence-corrected chi connectivity index (χ0v) is 13.9. The van der Waals surface area contributed by atoms with Crippen molar-refractivity contribution in [2.45, 2.75) is 51.8 Å². The molecule has 0 bridgehead atoms. The lowest BCUT2D eigenvalue weighted by atomic mass is 10.1. The summed E-state index contributed by atoms with van der Waals surface area (Å²) in [6.07, 6.45) is 1.19. The molecular weight excluding hydrogens is 260 g/mol. The summed E-state index contributed by atoms with van der Waals surface area (Å²) in [5.74, 6) is 0. The Morgan fingerprint density at radius 2 is 1.95 bits per heavy atom. The van der Waals surface area contributed by atoms with Gasteiger partial charge >= 0.3 is 0 Å². The van der Waals surface area contributed by atoms with E-state index in [9.17, 15) is 0 Å². The Kier molecular flexibility index (Phi) is 5.80. The molecule has 1 aliphatic rings. The van der Waals surface area contributed by atoms with Crippen LogP contribution in [0.2, 0.25) is 0 Å². The molecule has 3 heteroatoms. The van der Waals surface area contributed by atoms with Crippen molar-refractivity contribution in [3.63, 3.8) is 0 Å². The van der Waals surface area contributed by atoms with Crippen LogP contribution in [-0.2, 0) is 4.74 Å². The molecule has 21 heavy (non-hydrogen) atoms. The molecule has 1 N–H and O–H groups in total. The number of hydrogen-bond donors (Lipinski definition) is 1. The average molecular weight is 290 g/mol.